The lowest BCUT2D eigenvalue weighted by Gasteiger charge is -2.21. The largest absolute Gasteiger partial charge is 0.366 e. The predicted molar refractivity (Wildman–Crippen MR) is 95.1 cm³/mol. The van der Waals surface area contributed by atoms with Gasteiger partial charge in [0.1, 0.15) is 0 Å². The van der Waals surface area contributed by atoms with Crippen LogP contribution in [0.25, 0.3) is 0 Å². The minimum absolute atomic E-state index is 0.0703. The Hall–Kier alpha value is -1.95. The van der Waals surface area contributed by atoms with Crippen LogP contribution in [0, 0.1) is 5.92 Å². The van der Waals surface area contributed by atoms with Crippen molar-refractivity contribution in [1.82, 2.24) is 5.32 Å². The Labute approximate surface area is 142 Å². The summed E-state index contributed by atoms with van der Waals surface area (Å²) in [5, 5.41) is 5.82. The first-order valence-electron chi connectivity index (χ1n) is 8.05. The molecule has 1 saturated carbocycles. The second-order valence-electron chi connectivity index (χ2n) is 5.99. The number of nitrogens with one attached hydrogen (secondary N) is 2. The van der Waals surface area contributed by atoms with Gasteiger partial charge in [-0.15, -0.1) is 0 Å². The first-order valence-corrected chi connectivity index (χ1v) is 8.46. The molecule has 2 amide bonds. The molecule has 2 rings (SSSR count). The lowest BCUT2D eigenvalue weighted by molar-refractivity contribution is -0.120. The third-order valence-electron chi connectivity index (χ3n) is 4.16. The number of hydrogen-bond acceptors (Lipinski definition) is 3. The zero-order chi connectivity index (χ0) is 16.7. The maximum atomic E-state index is 11.9. The number of anilines is 1. The minimum Gasteiger partial charge on any atom is -0.366 e. The van der Waals surface area contributed by atoms with E-state index in [0.29, 0.717) is 23.6 Å². The van der Waals surface area contributed by atoms with Crippen LogP contribution < -0.4 is 16.4 Å². The van der Waals surface area contributed by atoms with Crippen molar-refractivity contribution in [2.75, 3.05) is 5.32 Å². The number of rotatable bonds is 5. The molecule has 1 fully saturated rings. The molecule has 124 valence electrons. The molecular formula is C17H23N3O2S. The van der Waals surface area contributed by atoms with E-state index in [-0.39, 0.29) is 11.0 Å². The summed E-state index contributed by atoms with van der Waals surface area (Å²) in [6, 6.07) is 6.69. The van der Waals surface area contributed by atoms with Gasteiger partial charge in [0.15, 0.2) is 5.11 Å². The van der Waals surface area contributed by atoms with Gasteiger partial charge >= 0.3 is 0 Å². The monoisotopic (exact) mass is 333 g/mol. The third-order valence-corrected chi connectivity index (χ3v) is 4.37. The lowest BCUT2D eigenvalue weighted by Crippen LogP contribution is -2.34. The van der Waals surface area contributed by atoms with Crippen molar-refractivity contribution < 1.29 is 9.59 Å². The predicted octanol–water partition coefficient (Wildman–Crippen LogP) is 2.96. The molecular weight excluding hydrogens is 310 g/mol. The number of nitrogens with two attached hydrogens (primary N) is 1. The van der Waals surface area contributed by atoms with E-state index in [1.807, 2.05) is 0 Å². The first kappa shape index (κ1) is 17.4. The molecule has 0 saturated heterocycles. The Morgan fingerprint density at radius 3 is 2.65 bits per heavy atom. The Bertz CT molecular complexity index is 583. The van der Waals surface area contributed by atoms with Crippen LogP contribution in [0.2, 0.25) is 0 Å². The van der Waals surface area contributed by atoms with E-state index >= 15 is 0 Å². The number of benzene rings is 1. The van der Waals surface area contributed by atoms with E-state index in [1.165, 1.54) is 32.1 Å². The van der Waals surface area contributed by atoms with Crippen molar-refractivity contribution in [3.8, 4) is 0 Å². The molecule has 0 aliphatic heterocycles. The molecule has 0 radical (unpaired) electrons. The van der Waals surface area contributed by atoms with Crippen LogP contribution in [0.4, 0.5) is 5.69 Å². The average Bonchev–Trinajstić information content (AvgIpc) is 2.54. The number of hydrogen-bond donors (Lipinski definition) is 3. The number of amides is 2. The molecule has 4 N–H and O–H groups in total. The summed E-state index contributed by atoms with van der Waals surface area (Å²) in [7, 11) is 0. The fourth-order valence-electron chi connectivity index (χ4n) is 2.91. The molecule has 0 heterocycles. The summed E-state index contributed by atoms with van der Waals surface area (Å²) in [4.78, 5) is 23.1. The van der Waals surface area contributed by atoms with Gasteiger partial charge in [-0.05, 0) is 42.8 Å². The van der Waals surface area contributed by atoms with Gasteiger partial charge in [-0.25, -0.2) is 0 Å². The van der Waals surface area contributed by atoms with Gasteiger partial charge in [0, 0.05) is 17.7 Å². The second kappa shape index (κ2) is 8.62. The van der Waals surface area contributed by atoms with Crippen molar-refractivity contribution in [3.63, 3.8) is 0 Å². The Balaban J connectivity index is 1.76. The first-order chi connectivity index (χ1) is 11.0. The summed E-state index contributed by atoms with van der Waals surface area (Å²) in [6.07, 6.45) is 7.76. The highest BCUT2D eigenvalue weighted by atomic mass is 32.1. The Morgan fingerprint density at radius 2 is 1.96 bits per heavy atom. The van der Waals surface area contributed by atoms with Gasteiger partial charge in [0.2, 0.25) is 11.8 Å². The molecule has 0 atom stereocenters. The summed E-state index contributed by atoms with van der Waals surface area (Å²) in [5.74, 6) is 0.0958. The van der Waals surface area contributed by atoms with Crippen molar-refractivity contribution >= 4 is 34.8 Å². The van der Waals surface area contributed by atoms with E-state index in [0.717, 1.165) is 6.42 Å². The van der Waals surface area contributed by atoms with Crippen LogP contribution in [-0.2, 0) is 4.79 Å². The Morgan fingerprint density at radius 1 is 1.22 bits per heavy atom. The van der Waals surface area contributed by atoms with Crippen LogP contribution in [0.1, 0.15) is 55.3 Å². The van der Waals surface area contributed by atoms with Crippen LogP contribution in [0.3, 0.4) is 0 Å². The molecule has 5 nitrogen and oxygen atoms in total. The number of carbonyl (C=O) groups is 2. The van der Waals surface area contributed by atoms with E-state index in [2.05, 4.69) is 10.6 Å². The van der Waals surface area contributed by atoms with Gasteiger partial charge in [0.05, 0.1) is 0 Å². The highest BCUT2D eigenvalue weighted by Crippen LogP contribution is 2.27. The SMILES string of the molecule is NC(=O)c1cccc(NC(=S)NC(=O)CCC2CCCCC2)c1. The highest BCUT2D eigenvalue weighted by molar-refractivity contribution is 7.80. The molecule has 0 aromatic heterocycles. The average molecular weight is 333 g/mol. The van der Waals surface area contributed by atoms with E-state index < -0.39 is 5.91 Å². The quantitative estimate of drug-likeness (QED) is 0.723. The Kier molecular flexibility index (Phi) is 6.52. The van der Waals surface area contributed by atoms with E-state index in [9.17, 15) is 9.59 Å². The van der Waals surface area contributed by atoms with Crippen molar-refractivity contribution in [1.29, 1.82) is 0 Å². The standard InChI is InChI=1S/C17H23N3O2S/c18-16(22)13-7-4-8-14(11-13)19-17(23)20-15(21)10-9-12-5-2-1-3-6-12/h4,7-8,11-12H,1-3,5-6,9-10H2,(H2,18,22)(H2,19,20,21,23). The summed E-state index contributed by atoms with van der Waals surface area (Å²) in [6.45, 7) is 0. The molecule has 0 bridgehead atoms. The van der Waals surface area contributed by atoms with Crippen LogP contribution in [0.15, 0.2) is 24.3 Å². The molecule has 1 aromatic carbocycles. The lowest BCUT2D eigenvalue weighted by atomic mass is 9.86. The minimum atomic E-state index is -0.504. The van der Waals surface area contributed by atoms with Gasteiger partial charge in [-0.3, -0.25) is 9.59 Å². The van der Waals surface area contributed by atoms with Crippen molar-refractivity contribution in [2.24, 2.45) is 11.7 Å². The fourth-order valence-corrected chi connectivity index (χ4v) is 3.14. The number of primary amides is 1. The van der Waals surface area contributed by atoms with Gasteiger partial charge < -0.3 is 16.4 Å². The number of carbonyl (C=O) groups excluding carboxylic acids is 2. The number of thiocarbonyl (C=S) groups is 1. The normalized spacial score (nSPS) is 15.0. The van der Waals surface area contributed by atoms with Crippen LogP contribution in [0.5, 0.6) is 0 Å². The fraction of sp³-hybridized carbons (Fsp3) is 0.471. The molecule has 23 heavy (non-hydrogen) atoms. The zero-order valence-electron chi connectivity index (χ0n) is 13.1. The summed E-state index contributed by atoms with van der Waals surface area (Å²) in [5.41, 5.74) is 6.25. The van der Waals surface area contributed by atoms with Gasteiger partial charge in [0.25, 0.3) is 0 Å². The van der Waals surface area contributed by atoms with Gasteiger partial charge in [-0.1, -0.05) is 38.2 Å². The maximum Gasteiger partial charge on any atom is 0.248 e. The van der Waals surface area contributed by atoms with E-state index in [1.54, 1.807) is 24.3 Å². The smallest absolute Gasteiger partial charge is 0.248 e. The zero-order valence-corrected chi connectivity index (χ0v) is 14.0. The summed E-state index contributed by atoms with van der Waals surface area (Å²) >= 11 is 5.13. The highest BCUT2D eigenvalue weighted by Gasteiger charge is 2.15. The summed E-state index contributed by atoms with van der Waals surface area (Å²) < 4.78 is 0. The van der Waals surface area contributed by atoms with Crippen LogP contribution in [-0.4, -0.2) is 16.9 Å². The molecule has 1 aromatic rings. The molecule has 6 heteroatoms. The topological polar surface area (TPSA) is 84.2 Å². The van der Waals surface area contributed by atoms with Crippen molar-refractivity contribution in [3.05, 3.63) is 29.8 Å². The second-order valence-corrected chi connectivity index (χ2v) is 6.40. The molecule has 0 unspecified atom stereocenters. The van der Waals surface area contributed by atoms with Gasteiger partial charge in [-0.2, -0.15) is 0 Å². The van der Waals surface area contributed by atoms with Crippen LogP contribution >= 0.6 is 12.2 Å². The van der Waals surface area contributed by atoms with Crippen molar-refractivity contribution in [2.45, 2.75) is 44.9 Å². The molecule has 1 aliphatic rings. The van der Waals surface area contributed by atoms with E-state index in [4.69, 9.17) is 18.0 Å². The third kappa shape index (κ3) is 5.98. The molecule has 0 spiro atoms. The maximum absolute atomic E-state index is 11.9. The molecule has 1 aliphatic carbocycles.